The number of hydrogen-bond acceptors (Lipinski definition) is 4. The molecule has 0 bridgehead atoms. The van der Waals surface area contributed by atoms with Gasteiger partial charge >= 0.3 is 0 Å². The van der Waals surface area contributed by atoms with Gasteiger partial charge in [0.1, 0.15) is 16.7 Å². The van der Waals surface area contributed by atoms with Crippen molar-refractivity contribution >= 4 is 21.7 Å². The van der Waals surface area contributed by atoms with E-state index in [1.165, 1.54) is 6.33 Å². The van der Waals surface area contributed by atoms with E-state index in [9.17, 15) is 0 Å². The van der Waals surface area contributed by atoms with E-state index in [-0.39, 0.29) is 18.1 Å². The minimum absolute atomic E-state index is 0.0696. The van der Waals surface area contributed by atoms with Gasteiger partial charge in [-0.15, -0.1) is 0 Å². The fourth-order valence-corrected chi connectivity index (χ4v) is 1.75. The van der Waals surface area contributed by atoms with Gasteiger partial charge in [0.15, 0.2) is 0 Å². The van der Waals surface area contributed by atoms with E-state index in [1.54, 1.807) is 0 Å². The van der Waals surface area contributed by atoms with Crippen LogP contribution in [0.15, 0.2) is 17.0 Å². The van der Waals surface area contributed by atoms with Gasteiger partial charge in [-0.2, -0.15) is 0 Å². The molecule has 0 radical (unpaired) electrons. The minimum Gasteiger partial charge on any atom is -0.396 e. The van der Waals surface area contributed by atoms with Gasteiger partial charge in [0.2, 0.25) is 0 Å². The third-order valence-electron chi connectivity index (χ3n) is 2.42. The average molecular weight is 288 g/mol. The monoisotopic (exact) mass is 287 g/mol. The summed E-state index contributed by atoms with van der Waals surface area (Å²) in [5.41, 5.74) is 0.0696. The molecule has 1 aromatic rings. The molecule has 1 heterocycles. The Morgan fingerprint density at radius 1 is 1.44 bits per heavy atom. The van der Waals surface area contributed by atoms with E-state index in [2.05, 4.69) is 52.0 Å². The van der Waals surface area contributed by atoms with Crippen molar-refractivity contribution in [2.45, 2.75) is 33.2 Å². The Balaban J connectivity index is 2.76. The normalized spacial score (nSPS) is 13.6. The molecule has 0 amide bonds. The maximum absolute atomic E-state index is 9.05. The molecule has 0 fully saturated rings. The fourth-order valence-electron chi connectivity index (χ4n) is 1.44. The van der Waals surface area contributed by atoms with Crippen LogP contribution in [0.1, 0.15) is 27.2 Å². The van der Waals surface area contributed by atoms with Crippen molar-refractivity contribution in [2.24, 2.45) is 5.41 Å². The van der Waals surface area contributed by atoms with Gasteiger partial charge in [-0.1, -0.05) is 20.8 Å². The quantitative estimate of drug-likeness (QED) is 0.836. The van der Waals surface area contributed by atoms with E-state index in [0.29, 0.717) is 6.42 Å². The Bertz CT molecular complexity index is 338. The second kappa shape index (κ2) is 5.59. The lowest BCUT2D eigenvalue weighted by molar-refractivity contribution is 0.235. The summed E-state index contributed by atoms with van der Waals surface area (Å²) in [7, 11) is 0. The van der Waals surface area contributed by atoms with Crippen molar-refractivity contribution < 1.29 is 5.11 Å². The Labute approximate surface area is 105 Å². The Kier molecular flexibility index (Phi) is 4.68. The SMILES string of the molecule is CC(C)(C)C(CCO)Nc1cc(Br)ncn1. The zero-order valence-corrected chi connectivity index (χ0v) is 11.5. The van der Waals surface area contributed by atoms with Crippen LogP contribution in [0.4, 0.5) is 5.82 Å². The van der Waals surface area contributed by atoms with Crippen LogP contribution in [-0.4, -0.2) is 27.7 Å². The number of aliphatic hydroxyl groups is 1. The predicted molar refractivity (Wildman–Crippen MR) is 68.3 cm³/mol. The van der Waals surface area contributed by atoms with Gasteiger partial charge in [0, 0.05) is 18.7 Å². The smallest absolute Gasteiger partial charge is 0.130 e. The van der Waals surface area contributed by atoms with E-state index in [4.69, 9.17) is 5.11 Å². The van der Waals surface area contributed by atoms with Crippen LogP contribution in [0.5, 0.6) is 0 Å². The molecule has 2 N–H and O–H groups in total. The summed E-state index contributed by atoms with van der Waals surface area (Å²) >= 11 is 3.30. The Hall–Kier alpha value is -0.680. The highest BCUT2D eigenvalue weighted by molar-refractivity contribution is 9.10. The van der Waals surface area contributed by atoms with Crippen LogP contribution in [0, 0.1) is 5.41 Å². The number of aromatic nitrogens is 2. The van der Waals surface area contributed by atoms with Crippen LogP contribution in [-0.2, 0) is 0 Å². The van der Waals surface area contributed by atoms with Crippen molar-refractivity contribution in [3.63, 3.8) is 0 Å². The predicted octanol–water partition coefficient (Wildman–Crippen LogP) is 2.45. The second-order valence-corrected chi connectivity index (χ2v) is 5.61. The highest BCUT2D eigenvalue weighted by Gasteiger charge is 2.24. The maximum atomic E-state index is 9.05. The topological polar surface area (TPSA) is 58.0 Å². The summed E-state index contributed by atoms with van der Waals surface area (Å²) in [4.78, 5) is 8.11. The van der Waals surface area contributed by atoms with Crippen molar-refractivity contribution in [3.05, 3.63) is 17.0 Å². The van der Waals surface area contributed by atoms with Crippen LogP contribution in [0.25, 0.3) is 0 Å². The van der Waals surface area contributed by atoms with Crippen molar-refractivity contribution in [2.75, 3.05) is 11.9 Å². The second-order valence-electron chi connectivity index (χ2n) is 4.80. The van der Waals surface area contributed by atoms with Crippen LogP contribution >= 0.6 is 15.9 Å². The largest absolute Gasteiger partial charge is 0.396 e. The molecule has 0 saturated heterocycles. The molecule has 1 rings (SSSR count). The van der Waals surface area contributed by atoms with Gasteiger partial charge in [-0.05, 0) is 27.8 Å². The minimum atomic E-state index is 0.0696. The van der Waals surface area contributed by atoms with Gasteiger partial charge in [-0.3, -0.25) is 0 Å². The zero-order valence-electron chi connectivity index (χ0n) is 9.87. The Morgan fingerprint density at radius 2 is 2.12 bits per heavy atom. The molecule has 1 aromatic heterocycles. The highest BCUT2D eigenvalue weighted by Crippen LogP contribution is 2.25. The number of nitrogens with one attached hydrogen (secondary N) is 1. The molecule has 0 aliphatic heterocycles. The molecule has 0 aliphatic carbocycles. The molecule has 5 heteroatoms. The molecule has 1 atom stereocenters. The Morgan fingerprint density at radius 3 is 2.62 bits per heavy atom. The number of rotatable bonds is 4. The molecule has 16 heavy (non-hydrogen) atoms. The maximum Gasteiger partial charge on any atom is 0.130 e. The van der Waals surface area contributed by atoms with Gasteiger partial charge in [0.25, 0.3) is 0 Å². The molecule has 1 unspecified atom stereocenters. The molecule has 0 aromatic carbocycles. The highest BCUT2D eigenvalue weighted by atomic mass is 79.9. The van der Waals surface area contributed by atoms with Crippen molar-refractivity contribution in [1.29, 1.82) is 0 Å². The van der Waals surface area contributed by atoms with Crippen LogP contribution in [0.3, 0.4) is 0 Å². The molecule has 0 spiro atoms. The number of nitrogens with zero attached hydrogens (tertiary/aromatic N) is 2. The molecular weight excluding hydrogens is 270 g/mol. The summed E-state index contributed by atoms with van der Waals surface area (Å²) in [6, 6.07) is 2.01. The molecule has 90 valence electrons. The summed E-state index contributed by atoms with van der Waals surface area (Å²) in [6.45, 7) is 6.57. The summed E-state index contributed by atoms with van der Waals surface area (Å²) in [5.74, 6) is 0.773. The number of anilines is 1. The number of hydrogen-bond donors (Lipinski definition) is 2. The lowest BCUT2D eigenvalue weighted by atomic mass is 9.85. The standard InChI is InChI=1S/C11H18BrN3O/c1-11(2,3)8(4-5-16)15-10-6-9(12)13-7-14-10/h6-8,16H,4-5H2,1-3H3,(H,13,14,15). The molecular formula is C11H18BrN3O. The summed E-state index contributed by atoms with van der Waals surface area (Å²) in [5, 5.41) is 12.4. The third kappa shape index (κ3) is 4.06. The fraction of sp³-hybridized carbons (Fsp3) is 0.636. The van der Waals surface area contributed by atoms with Gasteiger partial charge < -0.3 is 10.4 Å². The number of aliphatic hydroxyl groups excluding tert-OH is 1. The lowest BCUT2D eigenvalue weighted by Crippen LogP contribution is -2.35. The molecule has 0 saturated carbocycles. The van der Waals surface area contributed by atoms with E-state index in [1.807, 2.05) is 6.07 Å². The third-order valence-corrected chi connectivity index (χ3v) is 2.85. The molecule has 4 nitrogen and oxygen atoms in total. The average Bonchev–Trinajstić information content (AvgIpc) is 2.16. The lowest BCUT2D eigenvalue weighted by Gasteiger charge is -2.31. The molecule has 0 aliphatic rings. The first-order valence-electron chi connectivity index (χ1n) is 5.28. The van der Waals surface area contributed by atoms with Crippen LogP contribution < -0.4 is 5.32 Å². The summed E-state index contributed by atoms with van der Waals surface area (Å²) < 4.78 is 0.752. The summed E-state index contributed by atoms with van der Waals surface area (Å²) in [6.07, 6.45) is 2.20. The van der Waals surface area contributed by atoms with Crippen molar-refractivity contribution in [3.8, 4) is 0 Å². The first-order chi connectivity index (χ1) is 7.43. The zero-order chi connectivity index (χ0) is 12.2. The van der Waals surface area contributed by atoms with Crippen molar-refractivity contribution in [1.82, 2.24) is 9.97 Å². The van der Waals surface area contributed by atoms with E-state index < -0.39 is 0 Å². The van der Waals surface area contributed by atoms with Crippen LogP contribution in [0.2, 0.25) is 0 Å². The van der Waals surface area contributed by atoms with Gasteiger partial charge in [-0.25, -0.2) is 9.97 Å². The van der Waals surface area contributed by atoms with E-state index >= 15 is 0 Å². The van der Waals surface area contributed by atoms with Gasteiger partial charge in [0.05, 0.1) is 0 Å². The number of halogens is 1. The first-order valence-corrected chi connectivity index (χ1v) is 6.07. The first kappa shape index (κ1) is 13.4. The van der Waals surface area contributed by atoms with E-state index in [0.717, 1.165) is 10.4 Å².